The molecule has 1 saturated carbocycles. The Hall–Kier alpha value is -2.04. The molecule has 0 aliphatic heterocycles. The number of alkyl carbamates (subject to hydrolysis) is 1. The van der Waals surface area contributed by atoms with Gasteiger partial charge in [0.1, 0.15) is 5.60 Å². The molecular weight excluding hydrogens is 282 g/mol. The molecule has 5 heteroatoms. The third-order valence-corrected chi connectivity index (χ3v) is 4.53. The van der Waals surface area contributed by atoms with E-state index in [-0.39, 0.29) is 11.8 Å². The molecule has 2 aliphatic carbocycles. The molecule has 3 rings (SSSR count). The molecular formula is C17H21NO4. The topological polar surface area (TPSA) is 75.6 Å². The molecule has 0 spiro atoms. The normalized spacial score (nSPS) is 29.0. The van der Waals surface area contributed by atoms with Crippen LogP contribution < -0.4 is 5.32 Å². The standard InChI is InChI=1S/C17H21NO4/c1-17(2,3)22-16(21)18-14-12-8-11(13(14)15(19)20)9-6-4-5-7-10(9)12/h4-7,11-14H,8H2,1-3H3,(H,18,21)(H,19,20). The molecule has 1 amide bonds. The Bertz CT molecular complexity index is 619. The zero-order valence-electron chi connectivity index (χ0n) is 13.0. The first kappa shape index (κ1) is 14.9. The molecule has 118 valence electrons. The minimum atomic E-state index is -0.858. The third-order valence-electron chi connectivity index (χ3n) is 4.53. The number of carbonyl (C=O) groups excluding carboxylic acids is 1. The van der Waals surface area contributed by atoms with Crippen molar-refractivity contribution in [2.24, 2.45) is 5.92 Å². The number of amides is 1. The highest BCUT2D eigenvalue weighted by Gasteiger charge is 2.54. The first-order valence-electron chi connectivity index (χ1n) is 7.59. The molecule has 2 aliphatic rings. The van der Waals surface area contributed by atoms with Crippen LogP contribution in [0, 0.1) is 5.92 Å². The molecule has 4 atom stereocenters. The van der Waals surface area contributed by atoms with Crippen molar-refractivity contribution in [3.63, 3.8) is 0 Å². The number of nitrogens with one attached hydrogen (secondary N) is 1. The van der Waals surface area contributed by atoms with E-state index >= 15 is 0 Å². The van der Waals surface area contributed by atoms with Crippen molar-refractivity contribution in [3.05, 3.63) is 35.4 Å². The lowest BCUT2D eigenvalue weighted by Gasteiger charge is -2.31. The summed E-state index contributed by atoms with van der Waals surface area (Å²) < 4.78 is 5.28. The lowest BCUT2D eigenvalue weighted by Crippen LogP contribution is -2.47. The van der Waals surface area contributed by atoms with Crippen molar-refractivity contribution in [2.75, 3.05) is 0 Å². The van der Waals surface area contributed by atoms with Crippen molar-refractivity contribution in [1.29, 1.82) is 0 Å². The van der Waals surface area contributed by atoms with Crippen LogP contribution in [0.25, 0.3) is 0 Å². The summed E-state index contributed by atoms with van der Waals surface area (Å²) in [6, 6.07) is 7.52. The summed E-state index contributed by atoms with van der Waals surface area (Å²) in [6.07, 6.45) is 0.227. The van der Waals surface area contributed by atoms with E-state index in [1.165, 1.54) is 0 Å². The van der Waals surface area contributed by atoms with E-state index in [9.17, 15) is 14.7 Å². The van der Waals surface area contributed by atoms with Gasteiger partial charge in [0.25, 0.3) is 0 Å². The Morgan fingerprint density at radius 1 is 1.18 bits per heavy atom. The Morgan fingerprint density at radius 3 is 2.32 bits per heavy atom. The maximum Gasteiger partial charge on any atom is 0.407 e. The van der Waals surface area contributed by atoms with E-state index in [0.29, 0.717) is 0 Å². The lowest BCUT2D eigenvalue weighted by atomic mass is 9.80. The van der Waals surface area contributed by atoms with Crippen LogP contribution in [0.1, 0.15) is 50.2 Å². The third kappa shape index (κ3) is 2.45. The lowest BCUT2D eigenvalue weighted by molar-refractivity contribution is -0.142. The smallest absolute Gasteiger partial charge is 0.407 e. The van der Waals surface area contributed by atoms with Gasteiger partial charge in [-0.05, 0) is 38.3 Å². The maximum absolute atomic E-state index is 12.0. The quantitative estimate of drug-likeness (QED) is 0.881. The summed E-state index contributed by atoms with van der Waals surface area (Å²) in [7, 11) is 0. The molecule has 2 bridgehead atoms. The number of carboxylic acids is 1. The molecule has 0 aromatic heterocycles. The van der Waals surface area contributed by atoms with Gasteiger partial charge >= 0.3 is 12.1 Å². The number of rotatable bonds is 2. The largest absolute Gasteiger partial charge is 0.481 e. The van der Waals surface area contributed by atoms with E-state index < -0.39 is 29.6 Å². The fourth-order valence-corrected chi connectivity index (χ4v) is 3.85. The highest BCUT2D eigenvalue weighted by atomic mass is 16.6. The van der Waals surface area contributed by atoms with Crippen LogP contribution in [0.15, 0.2) is 24.3 Å². The summed E-state index contributed by atoms with van der Waals surface area (Å²) in [5, 5.41) is 12.4. The highest BCUT2D eigenvalue weighted by molar-refractivity contribution is 5.77. The van der Waals surface area contributed by atoms with Crippen molar-refractivity contribution >= 4 is 12.1 Å². The fraction of sp³-hybridized carbons (Fsp3) is 0.529. The van der Waals surface area contributed by atoms with Gasteiger partial charge in [0.05, 0.1) is 12.0 Å². The predicted molar refractivity (Wildman–Crippen MR) is 80.8 cm³/mol. The number of hydrogen-bond donors (Lipinski definition) is 2. The second-order valence-corrected chi connectivity index (χ2v) is 7.11. The van der Waals surface area contributed by atoms with E-state index in [0.717, 1.165) is 17.5 Å². The number of aliphatic carboxylic acids is 1. The number of carboxylic acid groups (broad SMARTS) is 1. The zero-order chi connectivity index (χ0) is 16.1. The number of carbonyl (C=O) groups is 2. The monoisotopic (exact) mass is 303 g/mol. The van der Waals surface area contributed by atoms with Crippen LogP contribution in [0.2, 0.25) is 0 Å². The summed E-state index contributed by atoms with van der Waals surface area (Å²) in [5.41, 5.74) is 1.67. The molecule has 22 heavy (non-hydrogen) atoms. The van der Waals surface area contributed by atoms with Crippen molar-refractivity contribution < 1.29 is 19.4 Å². The average molecular weight is 303 g/mol. The van der Waals surface area contributed by atoms with Crippen LogP contribution in [-0.2, 0) is 9.53 Å². The number of fused-ring (bicyclic) bond motifs is 5. The summed E-state index contributed by atoms with van der Waals surface area (Å²) >= 11 is 0. The van der Waals surface area contributed by atoms with Gasteiger partial charge < -0.3 is 15.2 Å². The Morgan fingerprint density at radius 2 is 1.77 bits per heavy atom. The molecule has 1 fully saturated rings. The average Bonchev–Trinajstić information content (AvgIpc) is 2.92. The molecule has 0 saturated heterocycles. The summed E-state index contributed by atoms with van der Waals surface area (Å²) in [4.78, 5) is 23.7. The van der Waals surface area contributed by atoms with E-state index in [2.05, 4.69) is 5.32 Å². The van der Waals surface area contributed by atoms with Gasteiger partial charge in [-0.3, -0.25) is 4.79 Å². The van der Waals surface area contributed by atoms with E-state index in [4.69, 9.17) is 4.74 Å². The summed E-state index contributed by atoms with van der Waals surface area (Å²) in [6.45, 7) is 5.37. The van der Waals surface area contributed by atoms with Crippen molar-refractivity contribution in [2.45, 2.75) is 50.7 Å². The predicted octanol–water partition coefficient (Wildman–Crippen LogP) is 2.87. The van der Waals surface area contributed by atoms with Gasteiger partial charge in [-0.1, -0.05) is 24.3 Å². The van der Waals surface area contributed by atoms with Gasteiger partial charge in [-0.25, -0.2) is 4.79 Å². The van der Waals surface area contributed by atoms with Crippen LogP contribution in [-0.4, -0.2) is 28.8 Å². The molecule has 4 unspecified atom stereocenters. The number of hydrogen-bond acceptors (Lipinski definition) is 3. The second-order valence-electron chi connectivity index (χ2n) is 7.11. The minimum absolute atomic E-state index is 0.0290. The number of benzene rings is 1. The van der Waals surface area contributed by atoms with Gasteiger partial charge in [0, 0.05) is 11.8 Å². The maximum atomic E-state index is 12.0. The molecule has 5 nitrogen and oxygen atoms in total. The van der Waals surface area contributed by atoms with Crippen LogP contribution >= 0.6 is 0 Å². The molecule has 1 aromatic rings. The fourth-order valence-electron chi connectivity index (χ4n) is 3.85. The zero-order valence-corrected chi connectivity index (χ0v) is 13.0. The Kier molecular flexibility index (Phi) is 3.38. The van der Waals surface area contributed by atoms with Crippen LogP contribution in [0.3, 0.4) is 0 Å². The molecule has 2 N–H and O–H groups in total. The van der Waals surface area contributed by atoms with Crippen molar-refractivity contribution in [1.82, 2.24) is 5.32 Å². The first-order valence-corrected chi connectivity index (χ1v) is 7.59. The first-order chi connectivity index (χ1) is 10.3. The SMILES string of the molecule is CC(C)(C)OC(=O)NC1C2CC(c3ccccc32)C1C(=O)O. The number of ether oxygens (including phenoxy) is 1. The highest BCUT2D eigenvalue weighted by Crippen LogP contribution is 2.56. The van der Waals surface area contributed by atoms with Gasteiger partial charge in [0.15, 0.2) is 0 Å². The van der Waals surface area contributed by atoms with E-state index in [1.807, 2.05) is 24.3 Å². The van der Waals surface area contributed by atoms with Crippen molar-refractivity contribution in [3.8, 4) is 0 Å². The van der Waals surface area contributed by atoms with E-state index in [1.54, 1.807) is 20.8 Å². The molecule has 0 radical (unpaired) electrons. The molecule has 0 heterocycles. The Balaban J connectivity index is 1.85. The Labute approximate surface area is 129 Å². The van der Waals surface area contributed by atoms with Gasteiger partial charge in [-0.15, -0.1) is 0 Å². The summed E-state index contributed by atoms with van der Waals surface area (Å²) in [5.74, 6) is -1.43. The minimum Gasteiger partial charge on any atom is -0.481 e. The van der Waals surface area contributed by atoms with Gasteiger partial charge in [-0.2, -0.15) is 0 Å². The second kappa shape index (κ2) is 5.00. The molecule has 1 aromatic carbocycles. The van der Waals surface area contributed by atoms with Gasteiger partial charge in [0.2, 0.25) is 0 Å². The van der Waals surface area contributed by atoms with Crippen LogP contribution in [0.4, 0.5) is 4.79 Å². The van der Waals surface area contributed by atoms with Crippen LogP contribution in [0.5, 0.6) is 0 Å².